The van der Waals surface area contributed by atoms with Crippen molar-refractivity contribution in [2.24, 2.45) is 0 Å². The van der Waals surface area contributed by atoms with Crippen molar-refractivity contribution < 1.29 is 4.92 Å². The molecule has 0 spiro atoms. The molecule has 0 saturated carbocycles. The van der Waals surface area contributed by atoms with Crippen LogP contribution in [-0.2, 0) is 0 Å². The molecule has 6 heteroatoms. The number of nitro groups is 1. The van der Waals surface area contributed by atoms with Gasteiger partial charge in [-0.15, -0.1) is 11.3 Å². The highest BCUT2D eigenvalue weighted by Gasteiger charge is 2.14. The lowest BCUT2D eigenvalue weighted by Gasteiger charge is -2.15. The SMILES string of the molecule is Cc1ccsc1C(C)Nc1ccc([N+](=O)[O-])cc1C#N. The fraction of sp³-hybridized carbons (Fsp3) is 0.214. The third kappa shape index (κ3) is 2.78. The molecular weight excluding hydrogens is 274 g/mol. The van der Waals surface area contributed by atoms with Crippen molar-refractivity contribution in [1.29, 1.82) is 5.26 Å². The highest BCUT2D eigenvalue weighted by Crippen LogP contribution is 2.29. The van der Waals surface area contributed by atoms with Gasteiger partial charge in [0.15, 0.2) is 0 Å². The van der Waals surface area contributed by atoms with E-state index in [4.69, 9.17) is 5.26 Å². The summed E-state index contributed by atoms with van der Waals surface area (Å²) in [7, 11) is 0. The number of nitrogens with zero attached hydrogens (tertiary/aromatic N) is 2. The van der Waals surface area contributed by atoms with Gasteiger partial charge < -0.3 is 5.32 Å². The molecule has 5 nitrogen and oxygen atoms in total. The van der Waals surface area contributed by atoms with Crippen molar-refractivity contribution in [3.8, 4) is 6.07 Å². The highest BCUT2D eigenvalue weighted by molar-refractivity contribution is 7.10. The van der Waals surface area contributed by atoms with Gasteiger partial charge in [-0.3, -0.25) is 10.1 Å². The number of benzene rings is 1. The molecule has 0 bridgehead atoms. The molecule has 0 aliphatic rings. The summed E-state index contributed by atoms with van der Waals surface area (Å²) in [5, 5.41) is 25.1. The second kappa shape index (κ2) is 5.72. The molecule has 1 aromatic heterocycles. The Hall–Kier alpha value is -2.39. The molecule has 1 heterocycles. The number of nitro benzene ring substituents is 1. The van der Waals surface area contributed by atoms with E-state index in [0.29, 0.717) is 5.69 Å². The van der Waals surface area contributed by atoms with Gasteiger partial charge in [-0.1, -0.05) is 0 Å². The molecule has 2 aromatic rings. The summed E-state index contributed by atoms with van der Waals surface area (Å²) in [5.41, 5.74) is 2.00. The molecule has 0 amide bonds. The zero-order valence-corrected chi connectivity index (χ0v) is 11.9. The summed E-state index contributed by atoms with van der Waals surface area (Å²) in [4.78, 5) is 11.4. The number of non-ortho nitro benzene ring substituents is 1. The molecule has 1 aromatic carbocycles. The van der Waals surface area contributed by atoms with Crippen LogP contribution in [0.5, 0.6) is 0 Å². The van der Waals surface area contributed by atoms with Gasteiger partial charge in [-0.25, -0.2) is 0 Å². The lowest BCUT2D eigenvalue weighted by Crippen LogP contribution is -2.07. The summed E-state index contributed by atoms with van der Waals surface area (Å²) in [6, 6.07) is 8.35. The van der Waals surface area contributed by atoms with E-state index in [9.17, 15) is 10.1 Å². The number of anilines is 1. The molecule has 0 fully saturated rings. The Bertz CT molecular complexity index is 688. The number of rotatable bonds is 4. The molecule has 0 saturated heterocycles. The van der Waals surface area contributed by atoms with Gasteiger partial charge >= 0.3 is 0 Å². The Kier molecular flexibility index (Phi) is 4.01. The first-order chi connectivity index (χ1) is 9.52. The number of thiophene rings is 1. The van der Waals surface area contributed by atoms with E-state index in [-0.39, 0.29) is 17.3 Å². The Morgan fingerprint density at radius 2 is 2.20 bits per heavy atom. The van der Waals surface area contributed by atoms with Crippen LogP contribution in [-0.4, -0.2) is 4.92 Å². The van der Waals surface area contributed by atoms with Gasteiger partial charge in [0.1, 0.15) is 6.07 Å². The van der Waals surface area contributed by atoms with Crippen molar-refractivity contribution in [3.63, 3.8) is 0 Å². The molecule has 0 aliphatic carbocycles. The van der Waals surface area contributed by atoms with Crippen molar-refractivity contribution >= 4 is 22.7 Å². The van der Waals surface area contributed by atoms with Crippen molar-refractivity contribution in [2.75, 3.05) is 5.32 Å². The van der Waals surface area contributed by atoms with E-state index >= 15 is 0 Å². The first kappa shape index (κ1) is 14.0. The van der Waals surface area contributed by atoms with E-state index in [1.54, 1.807) is 17.4 Å². The maximum atomic E-state index is 10.7. The predicted octanol–water partition coefficient (Wildman–Crippen LogP) is 4.01. The van der Waals surface area contributed by atoms with Crippen LogP contribution in [0.25, 0.3) is 0 Å². The van der Waals surface area contributed by atoms with Crippen molar-refractivity contribution in [1.82, 2.24) is 0 Å². The number of aryl methyl sites for hydroxylation is 1. The molecule has 1 atom stereocenters. The number of hydrogen-bond donors (Lipinski definition) is 1. The summed E-state index contributed by atoms with van der Waals surface area (Å²) in [6.07, 6.45) is 0. The largest absolute Gasteiger partial charge is 0.377 e. The van der Waals surface area contributed by atoms with Crippen LogP contribution in [0.2, 0.25) is 0 Å². The van der Waals surface area contributed by atoms with E-state index in [1.807, 2.05) is 31.4 Å². The lowest BCUT2D eigenvalue weighted by molar-refractivity contribution is -0.384. The Morgan fingerprint density at radius 1 is 1.45 bits per heavy atom. The van der Waals surface area contributed by atoms with E-state index in [0.717, 1.165) is 0 Å². The second-order valence-electron chi connectivity index (χ2n) is 4.43. The summed E-state index contributed by atoms with van der Waals surface area (Å²) >= 11 is 1.64. The van der Waals surface area contributed by atoms with Crippen LogP contribution in [0.4, 0.5) is 11.4 Å². The number of hydrogen-bond acceptors (Lipinski definition) is 5. The highest BCUT2D eigenvalue weighted by atomic mass is 32.1. The minimum atomic E-state index is -0.503. The zero-order chi connectivity index (χ0) is 14.7. The summed E-state index contributed by atoms with van der Waals surface area (Å²) in [5.74, 6) is 0. The second-order valence-corrected chi connectivity index (χ2v) is 5.38. The fourth-order valence-electron chi connectivity index (χ4n) is 1.99. The van der Waals surface area contributed by atoms with Gasteiger partial charge in [-0.2, -0.15) is 5.26 Å². The monoisotopic (exact) mass is 287 g/mol. The third-order valence-electron chi connectivity index (χ3n) is 3.00. The van der Waals surface area contributed by atoms with Crippen LogP contribution < -0.4 is 5.32 Å². The van der Waals surface area contributed by atoms with Crippen LogP contribution in [0.1, 0.15) is 29.0 Å². The van der Waals surface area contributed by atoms with Gasteiger partial charge in [0.05, 0.1) is 22.2 Å². The van der Waals surface area contributed by atoms with Crippen LogP contribution in [0, 0.1) is 28.4 Å². The minimum absolute atomic E-state index is 0.0450. The van der Waals surface area contributed by atoms with E-state index in [2.05, 4.69) is 5.32 Å². The maximum absolute atomic E-state index is 10.7. The van der Waals surface area contributed by atoms with Crippen molar-refractivity contribution in [3.05, 3.63) is 55.8 Å². The van der Waals surface area contributed by atoms with Gasteiger partial charge in [0.25, 0.3) is 5.69 Å². The topological polar surface area (TPSA) is 79.0 Å². The van der Waals surface area contributed by atoms with Crippen LogP contribution >= 0.6 is 11.3 Å². The quantitative estimate of drug-likeness (QED) is 0.680. The molecule has 2 rings (SSSR count). The Labute approximate surface area is 120 Å². The average molecular weight is 287 g/mol. The molecular formula is C14H13N3O2S. The van der Waals surface area contributed by atoms with Crippen LogP contribution in [0.3, 0.4) is 0 Å². The summed E-state index contributed by atoms with van der Waals surface area (Å²) < 4.78 is 0. The lowest BCUT2D eigenvalue weighted by atomic mass is 10.1. The zero-order valence-electron chi connectivity index (χ0n) is 11.1. The standard InChI is InChI=1S/C14H13N3O2S/c1-9-5-6-20-14(9)10(2)16-13-4-3-12(17(18)19)7-11(13)8-15/h3-7,10,16H,1-2H3. The summed E-state index contributed by atoms with van der Waals surface area (Å²) in [6.45, 7) is 4.03. The maximum Gasteiger partial charge on any atom is 0.270 e. The molecule has 1 unspecified atom stereocenters. The predicted molar refractivity (Wildman–Crippen MR) is 78.9 cm³/mol. The van der Waals surface area contributed by atoms with E-state index < -0.39 is 4.92 Å². The average Bonchev–Trinajstić information content (AvgIpc) is 2.85. The smallest absolute Gasteiger partial charge is 0.270 e. The van der Waals surface area contributed by atoms with Gasteiger partial charge in [-0.05, 0) is 36.9 Å². The van der Waals surface area contributed by atoms with Crippen molar-refractivity contribution in [2.45, 2.75) is 19.9 Å². The van der Waals surface area contributed by atoms with Crippen LogP contribution in [0.15, 0.2) is 29.6 Å². The minimum Gasteiger partial charge on any atom is -0.377 e. The molecule has 102 valence electrons. The normalized spacial score (nSPS) is 11.7. The molecule has 20 heavy (non-hydrogen) atoms. The molecule has 0 radical (unpaired) electrons. The Balaban J connectivity index is 2.28. The first-order valence-corrected chi connectivity index (χ1v) is 6.90. The first-order valence-electron chi connectivity index (χ1n) is 6.02. The number of nitriles is 1. The Morgan fingerprint density at radius 3 is 2.75 bits per heavy atom. The van der Waals surface area contributed by atoms with Gasteiger partial charge in [0.2, 0.25) is 0 Å². The number of nitrogens with one attached hydrogen (secondary N) is 1. The third-order valence-corrected chi connectivity index (χ3v) is 4.20. The molecule has 1 N–H and O–H groups in total. The van der Waals surface area contributed by atoms with Gasteiger partial charge in [0, 0.05) is 17.0 Å². The fourth-order valence-corrected chi connectivity index (χ4v) is 2.93. The molecule has 0 aliphatic heterocycles. The van der Waals surface area contributed by atoms with E-state index in [1.165, 1.54) is 22.6 Å².